The normalized spacial score (nSPS) is 13.1. The molecule has 1 amide bonds. The molecule has 2 N–H and O–H groups in total. The molecular weight excluding hydrogens is 413 g/mol. The van der Waals surface area contributed by atoms with E-state index in [-0.39, 0.29) is 5.91 Å². The fourth-order valence-electron chi connectivity index (χ4n) is 3.13. The van der Waals surface area contributed by atoms with Crippen molar-refractivity contribution in [3.05, 3.63) is 82.9 Å². The fourth-order valence-corrected chi connectivity index (χ4v) is 3.13. The number of nitrogens with zero attached hydrogens (tertiary/aromatic N) is 3. The Kier molecular flexibility index (Phi) is 6.68. The number of carbonyl (C=O) groups is 2. The summed E-state index contributed by atoms with van der Waals surface area (Å²) in [7, 11) is 0. The van der Waals surface area contributed by atoms with Gasteiger partial charge >= 0.3 is 12.1 Å². The number of carboxylic acids is 1. The Morgan fingerprint density at radius 1 is 1.13 bits per heavy atom. The lowest BCUT2D eigenvalue weighted by Crippen LogP contribution is -2.36. The zero-order valence-corrected chi connectivity index (χ0v) is 16.3. The van der Waals surface area contributed by atoms with E-state index in [0.29, 0.717) is 18.7 Å². The van der Waals surface area contributed by atoms with E-state index in [1.54, 1.807) is 18.5 Å². The second-order valence-electron chi connectivity index (χ2n) is 6.81. The molecule has 1 aliphatic rings. The number of hydrogen-bond acceptors (Lipinski definition) is 4. The molecule has 0 unspecified atom stereocenters. The van der Waals surface area contributed by atoms with Crippen molar-refractivity contribution in [3.8, 4) is 0 Å². The number of aliphatic carboxylic acids is 1. The molecule has 0 atom stereocenters. The molecule has 1 aromatic carbocycles. The largest absolute Gasteiger partial charge is 0.490 e. The van der Waals surface area contributed by atoms with E-state index in [1.165, 1.54) is 5.56 Å². The van der Waals surface area contributed by atoms with E-state index in [4.69, 9.17) is 9.90 Å². The third kappa shape index (κ3) is 5.68. The van der Waals surface area contributed by atoms with Crippen LogP contribution in [0.2, 0.25) is 0 Å². The highest BCUT2D eigenvalue weighted by Crippen LogP contribution is 2.23. The number of pyridine rings is 1. The quantitative estimate of drug-likeness (QED) is 0.662. The summed E-state index contributed by atoms with van der Waals surface area (Å²) < 4.78 is 31.7. The summed E-state index contributed by atoms with van der Waals surface area (Å²) in [5.74, 6) is -2.73. The number of hydrogen-bond donors (Lipinski definition) is 2. The van der Waals surface area contributed by atoms with Gasteiger partial charge < -0.3 is 10.0 Å². The number of carbonyl (C=O) groups excluding carboxylic acids is 1. The van der Waals surface area contributed by atoms with E-state index in [9.17, 15) is 18.0 Å². The SMILES string of the molecule is O=C(O)C(F)(F)F.O=C(c1cccnc1)N1CCc2[nH]nc(Cc3ccccc3)c2C1. The maximum Gasteiger partial charge on any atom is 0.490 e. The lowest BCUT2D eigenvalue weighted by atomic mass is 10.0. The number of halogens is 3. The van der Waals surface area contributed by atoms with Crippen LogP contribution in [0.4, 0.5) is 13.2 Å². The summed E-state index contributed by atoms with van der Waals surface area (Å²) in [6, 6.07) is 13.9. The van der Waals surface area contributed by atoms with Gasteiger partial charge in [0.05, 0.1) is 11.3 Å². The van der Waals surface area contributed by atoms with Gasteiger partial charge in [-0.25, -0.2) is 4.79 Å². The molecule has 3 aromatic rings. The molecule has 0 saturated heterocycles. The van der Waals surface area contributed by atoms with Gasteiger partial charge in [-0.2, -0.15) is 18.3 Å². The van der Waals surface area contributed by atoms with E-state index in [2.05, 4.69) is 27.3 Å². The minimum Gasteiger partial charge on any atom is -0.475 e. The number of benzene rings is 1. The third-order valence-corrected chi connectivity index (χ3v) is 4.67. The average molecular weight is 432 g/mol. The molecule has 7 nitrogen and oxygen atoms in total. The third-order valence-electron chi connectivity index (χ3n) is 4.67. The van der Waals surface area contributed by atoms with Gasteiger partial charge in [0.15, 0.2) is 0 Å². The molecule has 0 fully saturated rings. The van der Waals surface area contributed by atoms with Gasteiger partial charge in [-0.3, -0.25) is 14.9 Å². The predicted molar refractivity (Wildman–Crippen MR) is 104 cm³/mol. The first kappa shape index (κ1) is 22.0. The van der Waals surface area contributed by atoms with Gasteiger partial charge in [0.1, 0.15) is 0 Å². The monoisotopic (exact) mass is 432 g/mol. The van der Waals surface area contributed by atoms with Gasteiger partial charge in [-0.05, 0) is 17.7 Å². The summed E-state index contributed by atoms with van der Waals surface area (Å²) in [6.07, 6.45) is -0.193. The summed E-state index contributed by atoms with van der Waals surface area (Å²) in [5.41, 5.74) is 5.19. The number of carboxylic acid groups (broad SMARTS) is 1. The number of nitrogens with one attached hydrogen (secondary N) is 1. The maximum absolute atomic E-state index is 12.7. The Hall–Kier alpha value is -3.69. The second kappa shape index (κ2) is 9.41. The van der Waals surface area contributed by atoms with Crippen LogP contribution >= 0.6 is 0 Å². The van der Waals surface area contributed by atoms with Gasteiger partial charge in [-0.15, -0.1) is 0 Å². The van der Waals surface area contributed by atoms with Crippen molar-refractivity contribution >= 4 is 11.9 Å². The van der Waals surface area contributed by atoms with Crippen molar-refractivity contribution in [3.63, 3.8) is 0 Å². The summed E-state index contributed by atoms with van der Waals surface area (Å²) in [5, 5.41) is 14.8. The molecule has 10 heteroatoms. The molecule has 0 spiro atoms. The van der Waals surface area contributed by atoms with Crippen molar-refractivity contribution in [1.29, 1.82) is 0 Å². The van der Waals surface area contributed by atoms with Crippen molar-refractivity contribution < 1.29 is 27.9 Å². The van der Waals surface area contributed by atoms with Crippen molar-refractivity contribution in [1.82, 2.24) is 20.1 Å². The molecule has 2 aromatic heterocycles. The molecule has 0 saturated carbocycles. The van der Waals surface area contributed by atoms with E-state index < -0.39 is 12.1 Å². The number of rotatable bonds is 3. The zero-order valence-electron chi connectivity index (χ0n) is 16.3. The van der Waals surface area contributed by atoms with Crippen LogP contribution in [0.5, 0.6) is 0 Å². The molecule has 4 rings (SSSR count). The number of H-pyrrole nitrogens is 1. The Morgan fingerprint density at radius 2 is 1.84 bits per heavy atom. The minimum absolute atomic E-state index is 0.0283. The first-order valence-corrected chi connectivity index (χ1v) is 9.34. The van der Waals surface area contributed by atoms with E-state index in [1.807, 2.05) is 29.2 Å². The molecule has 0 bridgehead atoms. The van der Waals surface area contributed by atoms with Crippen molar-refractivity contribution in [2.45, 2.75) is 25.6 Å². The Morgan fingerprint density at radius 3 is 2.45 bits per heavy atom. The lowest BCUT2D eigenvalue weighted by molar-refractivity contribution is -0.192. The Labute approximate surface area is 175 Å². The van der Waals surface area contributed by atoms with Crippen LogP contribution in [0.3, 0.4) is 0 Å². The van der Waals surface area contributed by atoms with Gasteiger partial charge in [0, 0.05) is 49.6 Å². The van der Waals surface area contributed by atoms with Crippen LogP contribution in [0.1, 0.15) is 32.9 Å². The molecule has 162 valence electrons. The van der Waals surface area contributed by atoms with Gasteiger partial charge in [0.25, 0.3) is 5.91 Å². The highest BCUT2D eigenvalue weighted by molar-refractivity contribution is 5.94. The van der Waals surface area contributed by atoms with E-state index in [0.717, 1.165) is 29.8 Å². The van der Waals surface area contributed by atoms with Crippen LogP contribution in [-0.4, -0.2) is 49.8 Å². The molecule has 31 heavy (non-hydrogen) atoms. The zero-order chi connectivity index (χ0) is 22.4. The number of amides is 1. The van der Waals surface area contributed by atoms with E-state index >= 15 is 0 Å². The fraction of sp³-hybridized carbons (Fsp3) is 0.238. The van der Waals surface area contributed by atoms with Crippen molar-refractivity contribution in [2.24, 2.45) is 0 Å². The second-order valence-corrected chi connectivity index (χ2v) is 6.81. The first-order valence-electron chi connectivity index (χ1n) is 9.34. The van der Waals surface area contributed by atoms with Crippen molar-refractivity contribution in [2.75, 3.05) is 6.54 Å². The minimum atomic E-state index is -5.08. The first-order chi connectivity index (χ1) is 14.8. The topological polar surface area (TPSA) is 99.2 Å². The number of aromatic amines is 1. The molecule has 3 heterocycles. The standard InChI is InChI=1S/C19H18N4O.C2HF3O2/c24-19(15-7-4-9-20-12-15)23-10-8-17-16(13-23)18(22-21-17)11-14-5-2-1-3-6-14;3-2(4,5)1(6)7/h1-7,9,12H,8,10-11,13H2,(H,21,22);(H,6,7). The molecule has 1 aliphatic heterocycles. The summed E-state index contributed by atoms with van der Waals surface area (Å²) >= 11 is 0. The van der Waals surface area contributed by atoms with Crippen LogP contribution in [0, 0.1) is 0 Å². The number of aromatic nitrogens is 3. The van der Waals surface area contributed by atoms with Crippen LogP contribution in [0.15, 0.2) is 54.9 Å². The number of fused-ring (bicyclic) bond motifs is 1. The highest BCUT2D eigenvalue weighted by atomic mass is 19.4. The summed E-state index contributed by atoms with van der Waals surface area (Å²) in [4.78, 5) is 27.5. The smallest absolute Gasteiger partial charge is 0.475 e. The van der Waals surface area contributed by atoms with Crippen LogP contribution in [-0.2, 0) is 24.2 Å². The molecular formula is C21H19F3N4O3. The van der Waals surface area contributed by atoms with Crippen LogP contribution in [0.25, 0.3) is 0 Å². The Bertz CT molecular complexity index is 1040. The van der Waals surface area contributed by atoms with Gasteiger partial charge in [-0.1, -0.05) is 30.3 Å². The Balaban J connectivity index is 0.000000339. The lowest BCUT2D eigenvalue weighted by Gasteiger charge is -2.27. The highest BCUT2D eigenvalue weighted by Gasteiger charge is 2.38. The summed E-state index contributed by atoms with van der Waals surface area (Å²) in [6.45, 7) is 1.30. The van der Waals surface area contributed by atoms with Gasteiger partial charge in [0.2, 0.25) is 0 Å². The van der Waals surface area contributed by atoms with Crippen LogP contribution < -0.4 is 0 Å². The maximum atomic E-state index is 12.7. The predicted octanol–water partition coefficient (Wildman–Crippen LogP) is 3.23. The molecule has 0 radical (unpaired) electrons. The molecule has 0 aliphatic carbocycles. The average Bonchev–Trinajstić information content (AvgIpc) is 3.16. The number of alkyl halides is 3.